The van der Waals surface area contributed by atoms with Crippen LogP contribution in [-0.2, 0) is 14.3 Å². The van der Waals surface area contributed by atoms with Crippen molar-refractivity contribution in [3.05, 3.63) is 30.1 Å². The summed E-state index contributed by atoms with van der Waals surface area (Å²) in [5.74, 6) is -0.657. The van der Waals surface area contributed by atoms with Gasteiger partial charge in [-0.25, -0.2) is 9.18 Å². The molecule has 10 heteroatoms. The Bertz CT molecular complexity index is 895. The maximum atomic E-state index is 13.1. The van der Waals surface area contributed by atoms with Gasteiger partial charge in [-0.05, 0) is 50.5 Å². The normalized spacial score (nSPS) is 23.6. The third kappa shape index (κ3) is 5.43. The molecule has 1 spiro atoms. The molecule has 34 heavy (non-hydrogen) atoms. The molecule has 9 nitrogen and oxygen atoms in total. The van der Waals surface area contributed by atoms with Gasteiger partial charge in [-0.15, -0.1) is 0 Å². The molecule has 2 unspecified atom stereocenters. The number of esters is 1. The second kappa shape index (κ2) is 10.2. The van der Waals surface area contributed by atoms with Gasteiger partial charge in [0.2, 0.25) is 5.91 Å². The third-order valence-corrected chi connectivity index (χ3v) is 7.40. The highest BCUT2D eigenvalue weighted by Gasteiger charge is 2.50. The first-order valence-electron chi connectivity index (χ1n) is 12.0. The van der Waals surface area contributed by atoms with Crippen molar-refractivity contribution in [3.63, 3.8) is 0 Å². The fraction of sp³-hybridized carbons (Fsp3) is 0.625. The van der Waals surface area contributed by atoms with Crippen LogP contribution in [0.2, 0.25) is 0 Å². The molecule has 1 aromatic rings. The predicted octanol–water partition coefficient (Wildman–Crippen LogP) is 1.92. The summed E-state index contributed by atoms with van der Waals surface area (Å²) >= 11 is 0. The number of nitrogens with one attached hydrogen (secondary N) is 1. The van der Waals surface area contributed by atoms with E-state index in [-0.39, 0.29) is 23.8 Å². The average molecular weight is 477 g/mol. The summed E-state index contributed by atoms with van der Waals surface area (Å²) in [4.78, 5) is 42.2. The number of piperazine rings is 1. The van der Waals surface area contributed by atoms with Gasteiger partial charge in [0, 0.05) is 57.9 Å². The lowest BCUT2D eigenvalue weighted by molar-refractivity contribution is -0.152. The molecule has 2 atom stereocenters. The van der Waals surface area contributed by atoms with Crippen LogP contribution in [0.1, 0.15) is 32.6 Å². The van der Waals surface area contributed by atoms with Crippen LogP contribution in [0.4, 0.5) is 14.9 Å². The minimum atomic E-state index is -1.23. The Morgan fingerprint density at radius 3 is 2.41 bits per heavy atom. The Kier molecular flexibility index (Phi) is 7.25. The van der Waals surface area contributed by atoms with Gasteiger partial charge in [0.25, 0.3) is 0 Å². The number of rotatable bonds is 6. The molecule has 3 heterocycles. The van der Waals surface area contributed by atoms with E-state index in [0.717, 1.165) is 44.8 Å². The van der Waals surface area contributed by atoms with E-state index in [1.165, 1.54) is 19.1 Å². The Morgan fingerprint density at radius 1 is 1.15 bits per heavy atom. The number of carbonyl (C=O) groups is 3. The summed E-state index contributed by atoms with van der Waals surface area (Å²) in [6.07, 6.45) is 1.21. The summed E-state index contributed by atoms with van der Waals surface area (Å²) in [6.45, 7) is 6.80. The maximum absolute atomic E-state index is 13.1. The molecule has 0 aliphatic carbocycles. The number of anilines is 1. The number of carbonyl (C=O) groups excluding carboxylic acids is 2. The molecule has 3 fully saturated rings. The van der Waals surface area contributed by atoms with E-state index in [4.69, 9.17) is 9.84 Å². The standard InChI is InChI=1S/C24H33FN4O5/c1-17(26-23(32)33)21(30)29-10-7-24(8-11-29)16-20(34-22(24)31)6-9-27-12-14-28(15-13-27)19-4-2-18(25)3-5-19/h2-5,17,20,26H,6-16H2,1H3,(H,32,33). The third-order valence-electron chi connectivity index (χ3n) is 7.40. The highest BCUT2D eigenvalue weighted by molar-refractivity contribution is 5.85. The van der Waals surface area contributed by atoms with Gasteiger partial charge < -0.3 is 25.0 Å². The summed E-state index contributed by atoms with van der Waals surface area (Å²) < 4.78 is 18.9. The average Bonchev–Trinajstić information content (AvgIpc) is 3.12. The second-order valence-corrected chi connectivity index (χ2v) is 9.60. The van der Waals surface area contributed by atoms with E-state index >= 15 is 0 Å². The molecule has 0 aromatic heterocycles. The van der Waals surface area contributed by atoms with Crippen molar-refractivity contribution >= 4 is 23.7 Å². The van der Waals surface area contributed by atoms with E-state index in [9.17, 15) is 18.8 Å². The van der Waals surface area contributed by atoms with Crippen LogP contribution in [0, 0.1) is 11.2 Å². The van der Waals surface area contributed by atoms with Crippen molar-refractivity contribution in [2.24, 2.45) is 5.41 Å². The summed E-state index contributed by atoms with van der Waals surface area (Å²) in [7, 11) is 0. The lowest BCUT2D eigenvalue weighted by atomic mass is 9.75. The first-order chi connectivity index (χ1) is 16.3. The number of halogens is 1. The Balaban J connectivity index is 1.21. The maximum Gasteiger partial charge on any atom is 0.405 e. The molecular weight excluding hydrogens is 443 g/mol. The van der Waals surface area contributed by atoms with Crippen LogP contribution in [0.3, 0.4) is 0 Å². The zero-order valence-corrected chi connectivity index (χ0v) is 19.5. The van der Waals surface area contributed by atoms with Crippen LogP contribution in [0.5, 0.6) is 0 Å². The predicted molar refractivity (Wildman–Crippen MR) is 123 cm³/mol. The van der Waals surface area contributed by atoms with Crippen LogP contribution in [0.25, 0.3) is 0 Å². The van der Waals surface area contributed by atoms with Crippen molar-refractivity contribution in [1.82, 2.24) is 15.1 Å². The molecule has 2 N–H and O–H groups in total. The van der Waals surface area contributed by atoms with Gasteiger partial charge in [0.05, 0.1) is 5.41 Å². The van der Waals surface area contributed by atoms with Crippen LogP contribution < -0.4 is 10.2 Å². The zero-order valence-electron chi connectivity index (χ0n) is 19.5. The first kappa shape index (κ1) is 24.3. The number of hydrogen-bond donors (Lipinski definition) is 2. The Morgan fingerprint density at radius 2 is 1.79 bits per heavy atom. The highest BCUT2D eigenvalue weighted by atomic mass is 19.1. The van der Waals surface area contributed by atoms with Gasteiger partial charge in [-0.2, -0.15) is 0 Å². The highest BCUT2D eigenvalue weighted by Crippen LogP contribution is 2.44. The smallest absolute Gasteiger partial charge is 0.405 e. The minimum absolute atomic E-state index is 0.113. The Labute approximate surface area is 198 Å². The molecule has 0 bridgehead atoms. The number of hydrogen-bond acceptors (Lipinski definition) is 6. The van der Waals surface area contributed by atoms with E-state index in [0.29, 0.717) is 32.4 Å². The second-order valence-electron chi connectivity index (χ2n) is 9.60. The van der Waals surface area contributed by atoms with E-state index < -0.39 is 17.6 Å². The molecule has 2 amide bonds. The minimum Gasteiger partial charge on any atom is -0.465 e. The van der Waals surface area contributed by atoms with Crippen molar-refractivity contribution in [2.75, 3.05) is 50.7 Å². The summed E-state index contributed by atoms with van der Waals surface area (Å²) in [5, 5.41) is 11.0. The van der Waals surface area contributed by atoms with Gasteiger partial charge in [0.1, 0.15) is 18.0 Å². The van der Waals surface area contributed by atoms with E-state index in [1.54, 1.807) is 4.90 Å². The zero-order chi connectivity index (χ0) is 24.3. The fourth-order valence-corrected chi connectivity index (χ4v) is 5.29. The first-order valence-corrected chi connectivity index (χ1v) is 12.0. The van der Waals surface area contributed by atoms with Crippen LogP contribution >= 0.6 is 0 Å². The molecule has 3 aliphatic heterocycles. The van der Waals surface area contributed by atoms with Crippen molar-refractivity contribution in [3.8, 4) is 0 Å². The number of carboxylic acid groups (broad SMARTS) is 1. The van der Waals surface area contributed by atoms with Crippen molar-refractivity contribution in [1.29, 1.82) is 0 Å². The molecule has 4 rings (SSSR count). The SMILES string of the molecule is CC(NC(=O)O)C(=O)N1CCC2(CC1)CC(CCN1CCN(c3ccc(F)cc3)CC1)OC2=O. The summed E-state index contributed by atoms with van der Waals surface area (Å²) in [6, 6.07) is 5.79. The number of amides is 2. The molecule has 0 radical (unpaired) electrons. The Hall–Kier alpha value is -2.88. The summed E-state index contributed by atoms with van der Waals surface area (Å²) in [5.41, 5.74) is 0.498. The van der Waals surface area contributed by atoms with E-state index in [2.05, 4.69) is 15.1 Å². The molecular formula is C24H33FN4O5. The number of ether oxygens (including phenoxy) is 1. The van der Waals surface area contributed by atoms with Crippen LogP contribution in [-0.4, -0.2) is 90.8 Å². The monoisotopic (exact) mass is 476 g/mol. The largest absolute Gasteiger partial charge is 0.465 e. The van der Waals surface area contributed by atoms with Crippen molar-refractivity contribution in [2.45, 2.75) is 44.8 Å². The molecule has 3 saturated heterocycles. The molecule has 0 saturated carbocycles. The molecule has 3 aliphatic rings. The molecule has 186 valence electrons. The van der Waals surface area contributed by atoms with Gasteiger partial charge >= 0.3 is 12.1 Å². The number of cyclic esters (lactones) is 1. The number of nitrogens with zero attached hydrogens (tertiary/aromatic N) is 3. The number of benzene rings is 1. The number of likely N-dealkylation sites (tertiary alicyclic amines) is 1. The topological polar surface area (TPSA) is 102 Å². The van der Waals surface area contributed by atoms with Crippen LogP contribution in [0.15, 0.2) is 24.3 Å². The number of piperidine rings is 1. The lowest BCUT2D eigenvalue weighted by Crippen LogP contribution is -2.51. The van der Waals surface area contributed by atoms with Gasteiger partial charge in [-0.3, -0.25) is 14.5 Å². The van der Waals surface area contributed by atoms with Gasteiger partial charge in [0.15, 0.2) is 0 Å². The van der Waals surface area contributed by atoms with E-state index in [1.807, 2.05) is 12.1 Å². The quantitative estimate of drug-likeness (QED) is 0.605. The van der Waals surface area contributed by atoms with Crippen molar-refractivity contribution < 1.29 is 28.6 Å². The molecule has 1 aromatic carbocycles. The lowest BCUT2D eigenvalue weighted by Gasteiger charge is -2.37. The van der Waals surface area contributed by atoms with Gasteiger partial charge in [-0.1, -0.05) is 0 Å². The fourth-order valence-electron chi connectivity index (χ4n) is 5.29.